The first-order valence-electron chi connectivity index (χ1n) is 9.99. The molecule has 0 spiro atoms. The summed E-state index contributed by atoms with van der Waals surface area (Å²) in [6.07, 6.45) is 4.04. The molecule has 1 aliphatic heterocycles. The van der Waals surface area contributed by atoms with Crippen molar-refractivity contribution in [2.45, 2.75) is 40.2 Å². The Hall–Kier alpha value is -3.16. The quantitative estimate of drug-likeness (QED) is 0.734. The highest BCUT2D eigenvalue weighted by atomic mass is 16.2. The van der Waals surface area contributed by atoms with Crippen molar-refractivity contribution < 1.29 is 4.79 Å². The molecule has 8 heteroatoms. The van der Waals surface area contributed by atoms with Gasteiger partial charge in [0.05, 0.1) is 0 Å². The molecule has 3 heterocycles. The van der Waals surface area contributed by atoms with E-state index < -0.39 is 0 Å². The molecule has 1 atom stereocenters. The van der Waals surface area contributed by atoms with Crippen LogP contribution in [0, 0.1) is 19.8 Å². The second kappa shape index (κ2) is 7.69. The molecule has 8 nitrogen and oxygen atoms in total. The molecule has 29 heavy (non-hydrogen) atoms. The SMILES string of the molecule is Cc1cccc(C)c1NC(=O)Cn1nc2nc(N3CCC[C@@H](C)C3)ccn2c1=O. The van der Waals surface area contributed by atoms with Gasteiger partial charge in [0.2, 0.25) is 5.91 Å². The Bertz CT molecular complexity index is 1100. The predicted molar refractivity (Wildman–Crippen MR) is 112 cm³/mol. The number of aromatic nitrogens is 4. The number of carbonyl (C=O) groups excluding carboxylic acids is 1. The van der Waals surface area contributed by atoms with Crippen LogP contribution in [0.5, 0.6) is 0 Å². The third kappa shape index (κ3) is 3.87. The van der Waals surface area contributed by atoms with E-state index in [-0.39, 0.29) is 18.1 Å². The smallest absolute Gasteiger partial charge is 0.352 e. The van der Waals surface area contributed by atoms with Gasteiger partial charge < -0.3 is 10.2 Å². The fourth-order valence-electron chi connectivity index (χ4n) is 3.90. The third-order valence-corrected chi connectivity index (χ3v) is 5.46. The molecule has 1 aromatic carbocycles. The lowest BCUT2D eigenvalue weighted by molar-refractivity contribution is -0.117. The average Bonchev–Trinajstić information content (AvgIpc) is 3.00. The molecule has 1 N–H and O–H groups in total. The van der Waals surface area contributed by atoms with Crippen molar-refractivity contribution in [1.82, 2.24) is 19.2 Å². The van der Waals surface area contributed by atoms with Gasteiger partial charge in [-0.15, -0.1) is 5.10 Å². The van der Waals surface area contributed by atoms with E-state index in [0.717, 1.165) is 46.8 Å². The fourth-order valence-corrected chi connectivity index (χ4v) is 3.90. The summed E-state index contributed by atoms with van der Waals surface area (Å²) in [5, 5.41) is 7.17. The van der Waals surface area contributed by atoms with Gasteiger partial charge in [-0.3, -0.25) is 4.79 Å². The van der Waals surface area contributed by atoms with E-state index in [1.54, 1.807) is 6.20 Å². The Morgan fingerprint density at radius 3 is 2.72 bits per heavy atom. The Kier molecular flexibility index (Phi) is 5.08. The van der Waals surface area contributed by atoms with Crippen molar-refractivity contribution in [3.8, 4) is 0 Å². The molecule has 4 rings (SSSR count). The first kappa shape index (κ1) is 19.2. The largest absolute Gasteiger partial charge is 0.356 e. The first-order valence-corrected chi connectivity index (χ1v) is 9.99. The molecule has 0 aliphatic carbocycles. The van der Waals surface area contributed by atoms with Gasteiger partial charge in [-0.05, 0) is 49.8 Å². The Labute approximate surface area is 169 Å². The Morgan fingerprint density at radius 1 is 1.24 bits per heavy atom. The number of hydrogen-bond acceptors (Lipinski definition) is 5. The Balaban J connectivity index is 1.55. The van der Waals surface area contributed by atoms with E-state index >= 15 is 0 Å². The minimum Gasteiger partial charge on any atom is -0.356 e. The number of rotatable bonds is 4. The minimum absolute atomic E-state index is 0.161. The fraction of sp³-hybridized carbons (Fsp3) is 0.429. The van der Waals surface area contributed by atoms with Crippen molar-refractivity contribution >= 4 is 23.2 Å². The number of benzene rings is 1. The molecule has 1 aliphatic rings. The third-order valence-electron chi connectivity index (χ3n) is 5.46. The van der Waals surface area contributed by atoms with Crippen LogP contribution in [0.1, 0.15) is 30.9 Å². The number of para-hydroxylation sites is 1. The van der Waals surface area contributed by atoms with Crippen LogP contribution < -0.4 is 15.9 Å². The lowest BCUT2D eigenvalue weighted by atomic mass is 10.0. The maximum atomic E-state index is 12.6. The van der Waals surface area contributed by atoms with Crippen LogP contribution in [0.2, 0.25) is 0 Å². The highest BCUT2D eigenvalue weighted by Crippen LogP contribution is 2.21. The van der Waals surface area contributed by atoms with E-state index in [1.165, 1.54) is 10.8 Å². The van der Waals surface area contributed by atoms with E-state index in [9.17, 15) is 9.59 Å². The molecular formula is C21H26N6O2. The van der Waals surface area contributed by atoms with E-state index in [4.69, 9.17) is 0 Å². The number of carbonyl (C=O) groups is 1. The maximum Gasteiger partial charge on any atom is 0.352 e. The summed E-state index contributed by atoms with van der Waals surface area (Å²) in [5.41, 5.74) is 2.35. The van der Waals surface area contributed by atoms with Crippen molar-refractivity contribution in [2.24, 2.45) is 5.92 Å². The number of hydrogen-bond donors (Lipinski definition) is 1. The highest BCUT2D eigenvalue weighted by molar-refractivity contribution is 5.92. The molecule has 0 unspecified atom stereocenters. The molecule has 1 amide bonds. The number of piperidine rings is 1. The summed E-state index contributed by atoms with van der Waals surface area (Å²) in [7, 11) is 0. The monoisotopic (exact) mass is 394 g/mol. The molecule has 0 radical (unpaired) electrons. The van der Waals surface area contributed by atoms with Crippen molar-refractivity contribution in [1.29, 1.82) is 0 Å². The number of fused-ring (bicyclic) bond motifs is 1. The topological polar surface area (TPSA) is 84.5 Å². The second-order valence-corrected chi connectivity index (χ2v) is 7.90. The lowest BCUT2D eigenvalue weighted by Gasteiger charge is -2.31. The number of anilines is 2. The number of aryl methyl sites for hydroxylation is 2. The number of amides is 1. The zero-order chi connectivity index (χ0) is 20.5. The van der Waals surface area contributed by atoms with E-state index in [1.807, 2.05) is 38.1 Å². The van der Waals surface area contributed by atoms with Gasteiger partial charge >= 0.3 is 5.69 Å². The van der Waals surface area contributed by atoms with E-state index in [0.29, 0.717) is 11.7 Å². The Morgan fingerprint density at radius 2 is 2.00 bits per heavy atom. The predicted octanol–water partition coefficient (Wildman–Crippen LogP) is 2.38. The molecule has 0 bridgehead atoms. The van der Waals surface area contributed by atoms with Gasteiger partial charge in [-0.25, -0.2) is 13.9 Å². The van der Waals surface area contributed by atoms with Crippen LogP contribution in [-0.4, -0.2) is 38.2 Å². The summed E-state index contributed by atoms with van der Waals surface area (Å²) >= 11 is 0. The zero-order valence-corrected chi connectivity index (χ0v) is 17.1. The molecule has 0 saturated carbocycles. The van der Waals surface area contributed by atoms with Crippen LogP contribution in [0.4, 0.5) is 11.5 Å². The molecule has 1 fully saturated rings. The summed E-state index contributed by atoms with van der Waals surface area (Å²) < 4.78 is 2.54. The molecular weight excluding hydrogens is 368 g/mol. The van der Waals surface area contributed by atoms with Gasteiger partial charge in [0, 0.05) is 25.0 Å². The van der Waals surface area contributed by atoms with Gasteiger partial charge in [0.1, 0.15) is 12.4 Å². The number of nitrogens with one attached hydrogen (secondary N) is 1. The van der Waals surface area contributed by atoms with Gasteiger partial charge in [-0.2, -0.15) is 4.98 Å². The summed E-state index contributed by atoms with van der Waals surface area (Å²) in [6.45, 7) is 7.85. The molecule has 152 valence electrons. The maximum absolute atomic E-state index is 12.6. The zero-order valence-electron chi connectivity index (χ0n) is 17.1. The van der Waals surface area contributed by atoms with Gasteiger partial charge in [0.15, 0.2) is 0 Å². The van der Waals surface area contributed by atoms with Crippen LogP contribution in [0.3, 0.4) is 0 Å². The first-order chi connectivity index (χ1) is 13.9. The van der Waals surface area contributed by atoms with Crippen LogP contribution >= 0.6 is 0 Å². The van der Waals surface area contributed by atoms with E-state index in [2.05, 4.69) is 27.2 Å². The average molecular weight is 394 g/mol. The van der Waals surface area contributed by atoms with Gasteiger partial charge in [-0.1, -0.05) is 25.1 Å². The summed E-state index contributed by atoms with van der Waals surface area (Å²) in [6, 6.07) is 7.66. The second-order valence-electron chi connectivity index (χ2n) is 7.90. The minimum atomic E-state index is -0.372. The molecule has 3 aromatic rings. The van der Waals surface area contributed by atoms with Crippen molar-refractivity contribution in [3.63, 3.8) is 0 Å². The van der Waals surface area contributed by atoms with Crippen molar-refractivity contribution in [2.75, 3.05) is 23.3 Å². The standard InChI is InChI=1S/C21H26N6O2/c1-14-6-5-10-25(12-14)17-9-11-26-20(22-17)24-27(21(26)29)13-18(28)23-19-15(2)7-4-8-16(19)3/h4,7-9,11,14H,5-6,10,12-13H2,1-3H3,(H,23,28)/t14-/m1/s1. The van der Waals surface area contributed by atoms with Gasteiger partial charge in [0.25, 0.3) is 5.78 Å². The summed E-state index contributed by atoms with van der Waals surface area (Å²) in [4.78, 5) is 31.9. The molecule has 2 aromatic heterocycles. The normalized spacial score (nSPS) is 16.9. The number of nitrogens with zero attached hydrogens (tertiary/aromatic N) is 5. The van der Waals surface area contributed by atoms with Crippen LogP contribution in [-0.2, 0) is 11.3 Å². The van der Waals surface area contributed by atoms with Crippen LogP contribution in [0.25, 0.3) is 5.78 Å². The molecule has 1 saturated heterocycles. The van der Waals surface area contributed by atoms with Crippen molar-refractivity contribution in [3.05, 3.63) is 52.1 Å². The lowest BCUT2D eigenvalue weighted by Crippen LogP contribution is -2.35. The highest BCUT2D eigenvalue weighted by Gasteiger charge is 2.19. The van der Waals surface area contributed by atoms with Crippen LogP contribution in [0.15, 0.2) is 35.3 Å². The summed E-state index contributed by atoms with van der Waals surface area (Å²) in [5.74, 6) is 1.46.